The van der Waals surface area contributed by atoms with Crippen LogP contribution < -0.4 is 10.0 Å². The zero-order valence-electron chi connectivity index (χ0n) is 11.0. The molecule has 100 valence electrons. The Balaban J connectivity index is 1.82. The molecule has 2 fully saturated rings. The number of nitrogens with one attached hydrogen (secondary N) is 2. The van der Waals surface area contributed by atoms with Gasteiger partial charge in [-0.2, -0.15) is 0 Å². The van der Waals surface area contributed by atoms with Crippen molar-refractivity contribution in [1.82, 2.24) is 10.0 Å². The highest BCUT2D eigenvalue weighted by Crippen LogP contribution is 2.44. The van der Waals surface area contributed by atoms with Gasteiger partial charge in [-0.15, -0.1) is 0 Å². The van der Waals surface area contributed by atoms with Gasteiger partial charge in [-0.3, -0.25) is 0 Å². The molecule has 2 rings (SSSR count). The van der Waals surface area contributed by atoms with Crippen LogP contribution in [0, 0.1) is 11.8 Å². The Morgan fingerprint density at radius 1 is 1.18 bits per heavy atom. The summed E-state index contributed by atoms with van der Waals surface area (Å²) in [6.07, 6.45) is 6.58. The van der Waals surface area contributed by atoms with E-state index in [1.807, 2.05) is 13.8 Å². The quantitative estimate of drug-likeness (QED) is 0.720. The summed E-state index contributed by atoms with van der Waals surface area (Å²) in [5.41, 5.74) is -0.407. The summed E-state index contributed by atoms with van der Waals surface area (Å²) in [5, 5.41) is 3.58. The molecule has 2 saturated carbocycles. The molecule has 0 aromatic heterocycles. The molecule has 2 aliphatic carbocycles. The van der Waals surface area contributed by atoms with Crippen LogP contribution in [0.25, 0.3) is 0 Å². The fourth-order valence-electron chi connectivity index (χ4n) is 2.54. The van der Waals surface area contributed by atoms with E-state index in [1.165, 1.54) is 31.9 Å². The van der Waals surface area contributed by atoms with E-state index < -0.39 is 15.6 Å². The van der Waals surface area contributed by atoms with Gasteiger partial charge in [-0.05, 0) is 51.4 Å². The number of rotatable bonds is 7. The third-order valence-electron chi connectivity index (χ3n) is 3.50. The Morgan fingerprint density at radius 3 is 2.00 bits per heavy atom. The van der Waals surface area contributed by atoms with E-state index in [-0.39, 0.29) is 0 Å². The fraction of sp³-hybridized carbons (Fsp3) is 1.00. The van der Waals surface area contributed by atoms with Crippen LogP contribution in [-0.2, 0) is 10.0 Å². The van der Waals surface area contributed by atoms with Crippen LogP contribution in [0.15, 0.2) is 0 Å². The summed E-state index contributed by atoms with van der Waals surface area (Å²) in [7, 11) is -3.13. The molecule has 2 aliphatic rings. The second-order valence-corrected chi connectivity index (χ2v) is 8.09. The highest BCUT2D eigenvalue weighted by molar-refractivity contribution is 7.88. The van der Waals surface area contributed by atoms with Crippen molar-refractivity contribution < 1.29 is 8.42 Å². The van der Waals surface area contributed by atoms with Gasteiger partial charge in [0.05, 0.1) is 6.26 Å². The normalized spacial score (nSPS) is 22.1. The Bertz CT molecular complexity index is 358. The molecule has 0 saturated heterocycles. The van der Waals surface area contributed by atoms with Crippen LogP contribution in [0.4, 0.5) is 0 Å². The summed E-state index contributed by atoms with van der Waals surface area (Å²) in [6.45, 7) is 4.56. The first-order valence-electron chi connectivity index (χ1n) is 6.49. The highest BCUT2D eigenvalue weighted by atomic mass is 32.2. The van der Waals surface area contributed by atoms with Gasteiger partial charge in [0.15, 0.2) is 0 Å². The van der Waals surface area contributed by atoms with E-state index in [0.717, 1.165) is 11.8 Å². The van der Waals surface area contributed by atoms with Crippen molar-refractivity contribution in [1.29, 1.82) is 0 Å². The molecule has 0 bridgehead atoms. The van der Waals surface area contributed by atoms with Gasteiger partial charge in [-0.1, -0.05) is 0 Å². The Hall–Kier alpha value is -0.130. The molecule has 0 atom stereocenters. The van der Waals surface area contributed by atoms with Gasteiger partial charge in [0.2, 0.25) is 10.0 Å². The van der Waals surface area contributed by atoms with Gasteiger partial charge < -0.3 is 5.32 Å². The Labute approximate surface area is 105 Å². The maximum atomic E-state index is 11.2. The average Bonchev–Trinajstić information content (AvgIpc) is 2.95. The molecule has 0 spiro atoms. The molecule has 0 amide bonds. The van der Waals surface area contributed by atoms with Gasteiger partial charge in [0, 0.05) is 18.1 Å². The predicted octanol–water partition coefficient (Wildman–Crippen LogP) is 1.09. The molecule has 0 radical (unpaired) electrons. The molecule has 0 aromatic rings. The third kappa shape index (κ3) is 4.56. The third-order valence-corrected chi connectivity index (χ3v) is 4.42. The maximum Gasteiger partial charge on any atom is 0.209 e. The lowest BCUT2D eigenvalue weighted by Crippen LogP contribution is -2.52. The molecule has 2 N–H and O–H groups in total. The summed E-state index contributed by atoms with van der Waals surface area (Å²) in [4.78, 5) is 0. The first kappa shape index (κ1) is 13.3. The highest BCUT2D eigenvalue weighted by Gasteiger charge is 2.41. The van der Waals surface area contributed by atoms with Crippen LogP contribution in [0.5, 0.6) is 0 Å². The molecule has 17 heavy (non-hydrogen) atoms. The van der Waals surface area contributed by atoms with E-state index in [9.17, 15) is 8.42 Å². The SMILES string of the molecule is CC(C)(CNC(C1CC1)C1CC1)NS(C)(=O)=O. The zero-order valence-corrected chi connectivity index (χ0v) is 11.8. The molecule has 4 nitrogen and oxygen atoms in total. The first-order valence-corrected chi connectivity index (χ1v) is 8.38. The van der Waals surface area contributed by atoms with Crippen LogP contribution in [-0.4, -0.2) is 32.8 Å². The number of hydrogen-bond donors (Lipinski definition) is 2. The lowest BCUT2D eigenvalue weighted by atomic mass is 10.0. The van der Waals surface area contributed by atoms with E-state index >= 15 is 0 Å². The van der Waals surface area contributed by atoms with Crippen molar-refractivity contribution in [2.24, 2.45) is 11.8 Å². The molecular weight excluding hydrogens is 236 g/mol. The Morgan fingerprint density at radius 2 is 1.65 bits per heavy atom. The molecule has 0 aliphatic heterocycles. The van der Waals surface area contributed by atoms with Crippen molar-refractivity contribution in [3.8, 4) is 0 Å². The van der Waals surface area contributed by atoms with E-state index in [1.54, 1.807) is 0 Å². The van der Waals surface area contributed by atoms with Crippen LogP contribution >= 0.6 is 0 Å². The van der Waals surface area contributed by atoms with Crippen molar-refractivity contribution in [3.05, 3.63) is 0 Å². The van der Waals surface area contributed by atoms with Gasteiger partial charge in [0.25, 0.3) is 0 Å². The molecular formula is C12H24N2O2S. The minimum atomic E-state index is -3.13. The van der Waals surface area contributed by atoms with Gasteiger partial charge in [-0.25, -0.2) is 13.1 Å². The van der Waals surface area contributed by atoms with Crippen molar-refractivity contribution >= 4 is 10.0 Å². The second-order valence-electron chi connectivity index (χ2n) is 6.34. The lowest BCUT2D eigenvalue weighted by Gasteiger charge is -2.28. The average molecular weight is 260 g/mol. The second kappa shape index (κ2) is 4.52. The largest absolute Gasteiger partial charge is 0.312 e. The number of sulfonamides is 1. The summed E-state index contributed by atoms with van der Waals surface area (Å²) in [6, 6.07) is 0.621. The van der Waals surface area contributed by atoms with Crippen LogP contribution in [0.3, 0.4) is 0 Å². The molecule has 5 heteroatoms. The first-order chi connectivity index (χ1) is 7.77. The van der Waals surface area contributed by atoms with E-state index in [0.29, 0.717) is 12.6 Å². The zero-order chi connectivity index (χ0) is 12.7. The minimum Gasteiger partial charge on any atom is -0.312 e. The lowest BCUT2D eigenvalue weighted by molar-refractivity contribution is 0.348. The Kier molecular flexibility index (Phi) is 3.54. The van der Waals surface area contributed by atoms with Crippen molar-refractivity contribution in [3.63, 3.8) is 0 Å². The fourth-order valence-corrected chi connectivity index (χ4v) is 3.62. The van der Waals surface area contributed by atoms with Gasteiger partial charge >= 0.3 is 0 Å². The summed E-state index contributed by atoms with van der Waals surface area (Å²) in [5.74, 6) is 1.69. The standard InChI is InChI=1S/C12H24N2O2S/c1-12(2,14-17(3,15)16)8-13-11(9-4-5-9)10-6-7-10/h9-11,13-14H,4-8H2,1-3H3. The topological polar surface area (TPSA) is 58.2 Å². The van der Waals surface area contributed by atoms with Crippen LogP contribution in [0.2, 0.25) is 0 Å². The predicted molar refractivity (Wildman–Crippen MR) is 69.3 cm³/mol. The van der Waals surface area contributed by atoms with Gasteiger partial charge in [0.1, 0.15) is 0 Å². The van der Waals surface area contributed by atoms with E-state index in [4.69, 9.17) is 0 Å². The molecule has 0 heterocycles. The maximum absolute atomic E-state index is 11.2. The van der Waals surface area contributed by atoms with Crippen molar-refractivity contribution in [2.75, 3.05) is 12.8 Å². The van der Waals surface area contributed by atoms with Crippen molar-refractivity contribution in [2.45, 2.75) is 51.1 Å². The molecule has 0 aromatic carbocycles. The molecule has 0 unspecified atom stereocenters. The monoisotopic (exact) mass is 260 g/mol. The van der Waals surface area contributed by atoms with Crippen LogP contribution in [0.1, 0.15) is 39.5 Å². The minimum absolute atomic E-state index is 0.407. The smallest absolute Gasteiger partial charge is 0.209 e. The summed E-state index contributed by atoms with van der Waals surface area (Å²) >= 11 is 0. The van der Waals surface area contributed by atoms with E-state index in [2.05, 4.69) is 10.0 Å². The number of hydrogen-bond acceptors (Lipinski definition) is 3. The summed E-state index contributed by atoms with van der Waals surface area (Å²) < 4.78 is 25.2.